The summed E-state index contributed by atoms with van der Waals surface area (Å²) >= 11 is 1.59. The molecule has 0 amide bonds. The molecule has 15 heavy (non-hydrogen) atoms. The average molecular weight is 220 g/mol. The quantitative estimate of drug-likeness (QED) is 0.786. The fourth-order valence-corrected chi connectivity index (χ4v) is 1.71. The van der Waals surface area contributed by atoms with E-state index in [1.807, 2.05) is 35.7 Å². The molecule has 0 aliphatic carbocycles. The minimum Gasteiger partial charge on any atom is -0.492 e. The lowest BCUT2D eigenvalue weighted by Crippen LogP contribution is -2.11. The van der Waals surface area contributed by atoms with Gasteiger partial charge in [0, 0.05) is 11.6 Å². The molecule has 0 radical (unpaired) electrons. The predicted octanol–water partition coefficient (Wildman–Crippen LogP) is 2.63. The molecule has 78 valence electrons. The number of benzene rings is 1. The lowest BCUT2D eigenvalue weighted by molar-refractivity contribution is 0.333. The van der Waals surface area contributed by atoms with Crippen molar-refractivity contribution in [1.29, 1.82) is 0 Å². The van der Waals surface area contributed by atoms with Gasteiger partial charge in [-0.25, -0.2) is 4.98 Å². The highest BCUT2D eigenvalue weighted by atomic mass is 32.1. The highest BCUT2D eigenvalue weighted by Gasteiger charge is 1.94. The monoisotopic (exact) mass is 220 g/mol. The fraction of sp³-hybridized carbons (Fsp3) is 0.182. The normalized spacial score (nSPS) is 9.87. The summed E-state index contributed by atoms with van der Waals surface area (Å²) in [5.41, 5.74) is 0. The number of anilines is 1. The maximum Gasteiger partial charge on any atom is 0.182 e. The highest BCUT2D eigenvalue weighted by molar-refractivity contribution is 7.13. The van der Waals surface area contributed by atoms with Crippen LogP contribution in [0, 0.1) is 0 Å². The van der Waals surface area contributed by atoms with Gasteiger partial charge in [0.25, 0.3) is 0 Å². The van der Waals surface area contributed by atoms with E-state index in [1.165, 1.54) is 0 Å². The van der Waals surface area contributed by atoms with Crippen molar-refractivity contribution < 1.29 is 4.74 Å². The van der Waals surface area contributed by atoms with Crippen LogP contribution in [0.1, 0.15) is 0 Å². The minimum absolute atomic E-state index is 0.642. The van der Waals surface area contributed by atoms with Crippen LogP contribution in [0.5, 0.6) is 5.75 Å². The Morgan fingerprint density at radius 1 is 1.27 bits per heavy atom. The van der Waals surface area contributed by atoms with Crippen LogP contribution >= 0.6 is 11.3 Å². The van der Waals surface area contributed by atoms with Gasteiger partial charge in [0.15, 0.2) is 5.13 Å². The molecule has 0 unspecified atom stereocenters. The van der Waals surface area contributed by atoms with E-state index in [9.17, 15) is 0 Å². The largest absolute Gasteiger partial charge is 0.492 e. The Morgan fingerprint density at radius 3 is 2.87 bits per heavy atom. The van der Waals surface area contributed by atoms with Crippen LogP contribution < -0.4 is 10.1 Å². The Labute approximate surface area is 92.7 Å². The number of hydrogen-bond acceptors (Lipinski definition) is 4. The van der Waals surface area contributed by atoms with Gasteiger partial charge in [-0.3, -0.25) is 0 Å². The lowest BCUT2D eigenvalue weighted by Gasteiger charge is -2.05. The number of nitrogens with zero attached hydrogens (tertiary/aromatic N) is 1. The number of ether oxygens (including phenoxy) is 1. The van der Waals surface area contributed by atoms with Gasteiger partial charge in [-0.15, -0.1) is 11.3 Å². The number of rotatable bonds is 5. The van der Waals surface area contributed by atoms with Gasteiger partial charge in [-0.05, 0) is 12.1 Å². The summed E-state index contributed by atoms with van der Waals surface area (Å²) in [5, 5.41) is 6.06. The van der Waals surface area contributed by atoms with Crippen LogP contribution in [0.25, 0.3) is 0 Å². The third-order valence-electron chi connectivity index (χ3n) is 1.82. The van der Waals surface area contributed by atoms with Crippen molar-refractivity contribution in [3.8, 4) is 5.75 Å². The second-order valence-electron chi connectivity index (χ2n) is 2.93. The van der Waals surface area contributed by atoms with Crippen LogP contribution in [0.2, 0.25) is 0 Å². The summed E-state index contributed by atoms with van der Waals surface area (Å²) in [6, 6.07) is 9.79. The second-order valence-corrected chi connectivity index (χ2v) is 3.82. The first-order chi connectivity index (χ1) is 7.45. The summed E-state index contributed by atoms with van der Waals surface area (Å²) in [6.45, 7) is 1.41. The van der Waals surface area contributed by atoms with Crippen molar-refractivity contribution in [3.05, 3.63) is 41.9 Å². The number of hydrogen-bond donors (Lipinski definition) is 1. The molecular weight excluding hydrogens is 208 g/mol. The van der Waals surface area contributed by atoms with Crippen molar-refractivity contribution in [2.24, 2.45) is 0 Å². The third kappa shape index (κ3) is 3.25. The zero-order valence-electron chi connectivity index (χ0n) is 8.22. The van der Waals surface area contributed by atoms with Gasteiger partial charge < -0.3 is 10.1 Å². The first-order valence-corrected chi connectivity index (χ1v) is 5.64. The smallest absolute Gasteiger partial charge is 0.182 e. The fourth-order valence-electron chi connectivity index (χ4n) is 1.15. The summed E-state index contributed by atoms with van der Waals surface area (Å²) in [6.07, 6.45) is 1.78. The van der Waals surface area contributed by atoms with Crippen molar-refractivity contribution >= 4 is 16.5 Å². The second kappa shape index (κ2) is 5.36. The molecule has 0 saturated heterocycles. The molecule has 2 aromatic rings. The molecule has 1 aromatic carbocycles. The van der Waals surface area contributed by atoms with Crippen LogP contribution in [-0.4, -0.2) is 18.1 Å². The first-order valence-electron chi connectivity index (χ1n) is 4.76. The van der Waals surface area contributed by atoms with Crippen molar-refractivity contribution in [3.63, 3.8) is 0 Å². The van der Waals surface area contributed by atoms with Gasteiger partial charge in [0.1, 0.15) is 12.4 Å². The molecule has 0 aliphatic rings. The molecule has 4 heteroatoms. The maximum atomic E-state index is 5.52. The van der Waals surface area contributed by atoms with E-state index in [4.69, 9.17) is 4.74 Å². The van der Waals surface area contributed by atoms with E-state index >= 15 is 0 Å². The maximum absolute atomic E-state index is 5.52. The zero-order chi connectivity index (χ0) is 10.3. The van der Waals surface area contributed by atoms with Gasteiger partial charge in [-0.2, -0.15) is 0 Å². The van der Waals surface area contributed by atoms with E-state index in [0.717, 1.165) is 17.4 Å². The molecule has 2 rings (SSSR count). The molecule has 1 aromatic heterocycles. The summed E-state index contributed by atoms with van der Waals surface area (Å²) < 4.78 is 5.52. The van der Waals surface area contributed by atoms with Gasteiger partial charge >= 0.3 is 0 Å². The molecule has 0 atom stereocenters. The molecular formula is C11H12N2OS. The van der Waals surface area contributed by atoms with E-state index < -0.39 is 0 Å². The van der Waals surface area contributed by atoms with Crippen LogP contribution in [0.15, 0.2) is 41.9 Å². The van der Waals surface area contributed by atoms with E-state index in [0.29, 0.717) is 6.61 Å². The van der Waals surface area contributed by atoms with E-state index in [2.05, 4.69) is 10.3 Å². The Bertz CT molecular complexity index is 375. The van der Waals surface area contributed by atoms with E-state index in [-0.39, 0.29) is 0 Å². The molecule has 0 bridgehead atoms. The Balaban J connectivity index is 1.68. The molecule has 0 aliphatic heterocycles. The zero-order valence-corrected chi connectivity index (χ0v) is 9.04. The SMILES string of the molecule is c1ccc(OCCNc2nccs2)cc1. The Morgan fingerprint density at radius 2 is 2.13 bits per heavy atom. The number of para-hydroxylation sites is 1. The van der Waals surface area contributed by atoms with E-state index in [1.54, 1.807) is 17.5 Å². The number of thiazole rings is 1. The standard InChI is InChI=1S/C11H12N2OS/c1-2-4-10(5-3-1)14-8-6-12-11-13-7-9-15-11/h1-5,7,9H,6,8H2,(H,12,13). The average Bonchev–Trinajstić information content (AvgIpc) is 2.79. The molecule has 0 spiro atoms. The van der Waals surface area contributed by atoms with Gasteiger partial charge in [0.2, 0.25) is 0 Å². The van der Waals surface area contributed by atoms with Crippen LogP contribution in [0.3, 0.4) is 0 Å². The molecule has 0 fully saturated rings. The van der Waals surface area contributed by atoms with Crippen LogP contribution in [-0.2, 0) is 0 Å². The summed E-state index contributed by atoms with van der Waals surface area (Å²) in [5.74, 6) is 0.901. The van der Waals surface area contributed by atoms with Crippen LogP contribution in [0.4, 0.5) is 5.13 Å². The first kappa shape index (κ1) is 9.98. The number of nitrogens with one attached hydrogen (secondary N) is 1. The predicted molar refractivity (Wildman–Crippen MR) is 62.5 cm³/mol. The van der Waals surface area contributed by atoms with Gasteiger partial charge in [0.05, 0.1) is 6.54 Å². The summed E-state index contributed by atoms with van der Waals surface area (Å²) in [4.78, 5) is 4.11. The molecule has 1 heterocycles. The number of aromatic nitrogens is 1. The molecule has 1 N–H and O–H groups in total. The molecule has 0 saturated carbocycles. The molecule has 3 nitrogen and oxygen atoms in total. The lowest BCUT2D eigenvalue weighted by atomic mass is 10.3. The highest BCUT2D eigenvalue weighted by Crippen LogP contribution is 2.10. The topological polar surface area (TPSA) is 34.1 Å². The van der Waals surface area contributed by atoms with Crippen molar-refractivity contribution in [2.75, 3.05) is 18.5 Å². The summed E-state index contributed by atoms with van der Waals surface area (Å²) in [7, 11) is 0. The minimum atomic E-state index is 0.642. The van der Waals surface area contributed by atoms with Crippen molar-refractivity contribution in [1.82, 2.24) is 4.98 Å². The Hall–Kier alpha value is -1.55. The third-order valence-corrected chi connectivity index (χ3v) is 2.55. The van der Waals surface area contributed by atoms with Gasteiger partial charge in [-0.1, -0.05) is 18.2 Å². The van der Waals surface area contributed by atoms with Crippen molar-refractivity contribution in [2.45, 2.75) is 0 Å². The Kier molecular flexibility index (Phi) is 3.57.